The molecule has 1 saturated heterocycles. The number of nitrogens with one attached hydrogen (secondary N) is 1. The van der Waals surface area contributed by atoms with Gasteiger partial charge >= 0.3 is 0 Å². The first kappa shape index (κ1) is 17.4. The van der Waals surface area contributed by atoms with Crippen molar-refractivity contribution in [3.63, 3.8) is 0 Å². The number of fused-ring (bicyclic) bond motifs is 1. The van der Waals surface area contributed by atoms with Crippen molar-refractivity contribution in [3.05, 3.63) is 27.5 Å². The Hall–Kier alpha value is -2.41. The largest absolute Gasteiger partial charge is 0.387 e. The summed E-state index contributed by atoms with van der Waals surface area (Å²) in [5, 5.41) is 13.8. The number of nitrogen functional groups attached to an aromatic ring is 1. The molecule has 2 aromatic rings. The van der Waals surface area contributed by atoms with Gasteiger partial charge in [-0.05, 0) is 19.9 Å². The average Bonchev–Trinajstić information content (AvgIpc) is 3.08. The molecular formula is C15H16ClN5O4. The van der Waals surface area contributed by atoms with E-state index in [2.05, 4.69) is 27.0 Å². The first-order valence-electron chi connectivity index (χ1n) is 7.48. The number of ether oxygens (including phenoxy) is 1. The van der Waals surface area contributed by atoms with Crippen LogP contribution in [-0.2, 0) is 4.74 Å². The molecule has 1 fully saturated rings. The third-order valence-electron chi connectivity index (χ3n) is 4.20. The van der Waals surface area contributed by atoms with Gasteiger partial charge in [0.1, 0.15) is 18.2 Å². The van der Waals surface area contributed by atoms with Gasteiger partial charge in [0.2, 0.25) is 5.95 Å². The number of hydrogen-bond acceptors (Lipinski definition) is 7. The Morgan fingerprint density at radius 1 is 1.64 bits per heavy atom. The molecule has 3 rings (SSSR count). The Kier molecular flexibility index (Phi) is 4.28. The number of aliphatic hydroxyl groups is 1. The molecule has 0 bridgehead atoms. The number of aliphatic hydroxyl groups excluding tert-OH is 1. The van der Waals surface area contributed by atoms with Crippen LogP contribution in [0.5, 0.6) is 0 Å². The van der Waals surface area contributed by atoms with Crippen LogP contribution < -0.4 is 11.3 Å². The van der Waals surface area contributed by atoms with Crippen molar-refractivity contribution in [1.82, 2.24) is 14.5 Å². The number of H-pyrrole nitrogens is 1. The lowest BCUT2D eigenvalue weighted by atomic mass is 9.96. The second kappa shape index (κ2) is 6.15. The number of aromatic amines is 1. The third-order valence-corrected chi connectivity index (χ3v) is 4.70. The molecule has 3 heterocycles. The summed E-state index contributed by atoms with van der Waals surface area (Å²) < 4.78 is 7.29. The lowest BCUT2D eigenvalue weighted by molar-refractivity contribution is -0.0271. The molecule has 0 spiro atoms. The molecule has 0 amide bonds. The van der Waals surface area contributed by atoms with Crippen LogP contribution in [0, 0.1) is 16.7 Å². The predicted molar refractivity (Wildman–Crippen MR) is 92.0 cm³/mol. The van der Waals surface area contributed by atoms with Gasteiger partial charge in [-0.25, -0.2) is 0 Å². The van der Waals surface area contributed by atoms with Crippen LogP contribution in [0.2, 0.25) is 0 Å². The molecule has 1 aliphatic heterocycles. The van der Waals surface area contributed by atoms with Crippen molar-refractivity contribution in [3.8, 4) is 11.8 Å². The van der Waals surface area contributed by atoms with E-state index in [0.717, 1.165) is 0 Å². The number of nitroso groups, excluding NO2 is 1. The third kappa shape index (κ3) is 2.59. The Morgan fingerprint density at radius 2 is 2.36 bits per heavy atom. The normalized spacial score (nSPS) is 30.0. The number of hydrogen-bond donors (Lipinski definition) is 3. The Labute approximate surface area is 147 Å². The van der Waals surface area contributed by atoms with Crippen LogP contribution >= 0.6 is 11.6 Å². The van der Waals surface area contributed by atoms with E-state index >= 15 is 0 Å². The summed E-state index contributed by atoms with van der Waals surface area (Å²) in [6.07, 6.45) is -1.70. The SMILES string of the molecule is CC#C[C@@]1(Cl)C(O)[C@@H]([C@H](C)N=O)O[C@H]1n1ccc2c(=O)[nH]c(N)nc21. The molecule has 9 nitrogen and oxygen atoms in total. The zero-order valence-corrected chi connectivity index (χ0v) is 14.2. The summed E-state index contributed by atoms with van der Waals surface area (Å²) in [6, 6.07) is 0.682. The number of alkyl halides is 1. The molecule has 0 aromatic carbocycles. The number of nitrogens with two attached hydrogens (primary N) is 1. The lowest BCUT2D eigenvalue weighted by Gasteiger charge is -2.26. The first-order valence-corrected chi connectivity index (χ1v) is 7.86. The van der Waals surface area contributed by atoms with Gasteiger partial charge in [0.25, 0.3) is 5.56 Å². The lowest BCUT2D eigenvalue weighted by Crippen LogP contribution is -2.42. The summed E-state index contributed by atoms with van der Waals surface area (Å²) >= 11 is 6.60. The zero-order valence-electron chi connectivity index (χ0n) is 13.4. The van der Waals surface area contributed by atoms with E-state index in [1.165, 1.54) is 17.6 Å². The summed E-state index contributed by atoms with van der Waals surface area (Å²) in [5.74, 6) is 5.33. The maximum atomic E-state index is 12.0. The molecule has 0 radical (unpaired) electrons. The minimum Gasteiger partial charge on any atom is -0.387 e. The molecule has 4 N–H and O–H groups in total. The van der Waals surface area contributed by atoms with E-state index in [1.807, 2.05) is 0 Å². The number of halogens is 1. The quantitative estimate of drug-likeness (QED) is 0.416. The van der Waals surface area contributed by atoms with Gasteiger partial charge in [-0.15, -0.1) is 5.92 Å². The highest BCUT2D eigenvalue weighted by Crippen LogP contribution is 2.45. The molecule has 1 unspecified atom stereocenters. The fourth-order valence-corrected chi connectivity index (χ4v) is 3.36. The number of nitrogens with zero attached hydrogens (tertiary/aromatic N) is 3. The van der Waals surface area contributed by atoms with Crippen molar-refractivity contribution in [2.24, 2.45) is 5.18 Å². The van der Waals surface area contributed by atoms with Crippen LogP contribution in [0.15, 0.2) is 22.2 Å². The van der Waals surface area contributed by atoms with Crippen LogP contribution in [0.1, 0.15) is 20.1 Å². The molecule has 0 aliphatic carbocycles. The summed E-state index contributed by atoms with van der Waals surface area (Å²) in [5.41, 5.74) is 5.43. The minimum absolute atomic E-state index is 0.0720. The molecule has 25 heavy (non-hydrogen) atoms. The predicted octanol–water partition coefficient (Wildman–Crippen LogP) is 0.721. The van der Waals surface area contributed by atoms with Gasteiger partial charge in [-0.2, -0.15) is 9.89 Å². The van der Waals surface area contributed by atoms with Gasteiger partial charge in [0, 0.05) is 6.20 Å². The molecule has 0 saturated carbocycles. The topological polar surface area (TPSA) is 136 Å². The van der Waals surface area contributed by atoms with Crippen molar-refractivity contribution in [2.45, 2.75) is 43.2 Å². The monoisotopic (exact) mass is 365 g/mol. The van der Waals surface area contributed by atoms with Crippen LogP contribution in [0.25, 0.3) is 11.0 Å². The van der Waals surface area contributed by atoms with Crippen molar-refractivity contribution in [2.75, 3.05) is 5.73 Å². The van der Waals surface area contributed by atoms with Gasteiger partial charge < -0.3 is 20.1 Å². The molecule has 1 aliphatic rings. The zero-order chi connectivity index (χ0) is 18.4. The molecule has 132 valence electrons. The van der Waals surface area contributed by atoms with Crippen LogP contribution in [0.3, 0.4) is 0 Å². The van der Waals surface area contributed by atoms with Gasteiger partial charge in [0.05, 0.1) is 5.39 Å². The summed E-state index contributed by atoms with van der Waals surface area (Å²) in [6.45, 7) is 3.08. The summed E-state index contributed by atoms with van der Waals surface area (Å²) in [4.78, 5) is 27.9. The standard InChI is InChI=1S/C15H16ClN5O4/c1-3-5-15(16)10(22)9(7(2)20-24)25-13(15)21-6-4-8-11(21)18-14(17)19-12(8)23/h4,6-7,9-10,13,22H,1-2H3,(H3,17,18,19,23)/t7-,9+,10?,13+,15+/m0/s1. The summed E-state index contributed by atoms with van der Waals surface area (Å²) in [7, 11) is 0. The van der Waals surface area contributed by atoms with Gasteiger partial charge in [0.15, 0.2) is 16.7 Å². The number of aromatic nitrogens is 3. The van der Waals surface area contributed by atoms with E-state index in [0.29, 0.717) is 0 Å². The van der Waals surface area contributed by atoms with Gasteiger partial charge in [-0.1, -0.05) is 22.7 Å². The smallest absolute Gasteiger partial charge is 0.261 e. The highest BCUT2D eigenvalue weighted by atomic mass is 35.5. The Balaban J connectivity index is 2.19. The Bertz CT molecular complexity index is 945. The average molecular weight is 366 g/mol. The Morgan fingerprint density at radius 3 is 3.00 bits per heavy atom. The minimum atomic E-state index is -1.55. The molecule has 2 aromatic heterocycles. The van der Waals surface area contributed by atoms with E-state index in [9.17, 15) is 14.8 Å². The number of anilines is 1. The maximum absolute atomic E-state index is 12.0. The first-order chi connectivity index (χ1) is 11.8. The van der Waals surface area contributed by atoms with Gasteiger partial charge in [-0.3, -0.25) is 9.78 Å². The van der Waals surface area contributed by atoms with E-state index in [-0.39, 0.29) is 17.0 Å². The van der Waals surface area contributed by atoms with Crippen molar-refractivity contribution < 1.29 is 9.84 Å². The fourth-order valence-electron chi connectivity index (χ4n) is 2.99. The second-order valence-electron chi connectivity index (χ2n) is 5.80. The maximum Gasteiger partial charge on any atom is 0.261 e. The second-order valence-corrected chi connectivity index (χ2v) is 6.42. The fraction of sp³-hybridized carbons (Fsp3) is 0.467. The molecule has 5 atom stereocenters. The molecule has 10 heteroatoms. The van der Waals surface area contributed by atoms with Crippen molar-refractivity contribution >= 4 is 28.6 Å². The highest BCUT2D eigenvalue weighted by molar-refractivity contribution is 6.27. The highest BCUT2D eigenvalue weighted by Gasteiger charge is 2.57. The van der Waals surface area contributed by atoms with E-state index < -0.39 is 34.9 Å². The van der Waals surface area contributed by atoms with Crippen LogP contribution in [-0.4, -0.2) is 42.8 Å². The number of rotatable bonds is 3. The van der Waals surface area contributed by atoms with E-state index in [4.69, 9.17) is 22.1 Å². The van der Waals surface area contributed by atoms with Crippen LogP contribution in [0.4, 0.5) is 5.95 Å². The molecular weight excluding hydrogens is 350 g/mol. The van der Waals surface area contributed by atoms with Crippen molar-refractivity contribution in [1.29, 1.82) is 0 Å². The van der Waals surface area contributed by atoms with E-state index in [1.54, 1.807) is 13.1 Å².